The topological polar surface area (TPSA) is 69.4 Å². The molecule has 0 saturated carbocycles. The first-order valence-corrected chi connectivity index (χ1v) is 11.9. The highest BCUT2D eigenvalue weighted by atomic mass is 31.2. The van der Waals surface area contributed by atoms with Crippen molar-refractivity contribution in [1.29, 1.82) is 0 Å². The van der Waals surface area contributed by atoms with Gasteiger partial charge < -0.3 is 10.5 Å². The Morgan fingerprint density at radius 1 is 0.800 bits per heavy atom. The van der Waals surface area contributed by atoms with Crippen molar-refractivity contribution in [2.24, 2.45) is 5.73 Å². The number of ketones is 1. The zero-order valence-electron chi connectivity index (χ0n) is 17.3. The van der Waals surface area contributed by atoms with Crippen LogP contribution in [0.5, 0.6) is 0 Å². The van der Waals surface area contributed by atoms with Gasteiger partial charge in [0.15, 0.2) is 0 Å². The summed E-state index contributed by atoms with van der Waals surface area (Å²) < 4.78 is 5.46. The third-order valence-corrected chi connectivity index (χ3v) is 9.68. The molecule has 5 heteroatoms. The summed E-state index contributed by atoms with van der Waals surface area (Å²) in [7, 11) is -2.76. The van der Waals surface area contributed by atoms with Crippen LogP contribution in [0.1, 0.15) is 13.8 Å². The van der Waals surface area contributed by atoms with Crippen LogP contribution in [0.3, 0.4) is 0 Å². The Morgan fingerprint density at radius 3 is 1.47 bits per heavy atom. The Kier molecular flexibility index (Phi) is 7.15. The zero-order chi connectivity index (χ0) is 21.6. The van der Waals surface area contributed by atoms with Crippen LogP contribution < -0.4 is 21.6 Å². The van der Waals surface area contributed by atoms with E-state index in [2.05, 4.69) is 0 Å². The van der Waals surface area contributed by atoms with Gasteiger partial charge in [-0.3, -0.25) is 4.79 Å². The molecule has 2 atom stereocenters. The molecule has 4 nitrogen and oxygen atoms in total. The molecule has 0 bridgehead atoms. The van der Waals surface area contributed by atoms with Crippen molar-refractivity contribution < 1.29 is 14.3 Å². The quantitative estimate of drug-likeness (QED) is 0.346. The van der Waals surface area contributed by atoms with E-state index in [1.807, 2.05) is 91.0 Å². The number of hydrogen-bond donors (Lipinski definition) is 1. The highest BCUT2D eigenvalue weighted by molar-refractivity contribution is 7.97. The van der Waals surface area contributed by atoms with Crippen LogP contribution in [-0.4, -0.2) is 30.1 Å². The highest BCUT2D eigenvalue weighted by Crippen LogP contribution is 2.60. The lowest BCUT2D eigenvalue weighted by Gasteiger charge is -2.33. The molecule has 3 aromatic rings. The first-order valence-electron chi connectivity index (χ1n) is 10.0. The molecule has 0 amide bonds. The molecule has 0 aliphatic rings. The minimum atomic E-state index is -2.76. The molecule has 0 radical (unpaired) electrons. The molecule has 0 spiro atoms. The van der Waals surface area contributed by atoms with Gasteiger partial charge in [-0.1, -0.05) is 54.6 Å². The molecule has 30 heavy (non-hydrogen) atoms. The number of nitrogens with two attached hydrogens (primary N) is 1. The molecule has 3 aromatic carbocycles. The fraction of sp³-hybridized carbons (Fsp3) is 0.200. The number of Topliss-reactive ketones (excluding diaryl/α,β-unsaturated/α-hetero) is 1. The Labute approximate surface area is 178 Å². The number of esters is 1. The predicted octanol–water partition coefficient (Wildman–Crippen LogP) is 2.83. The summed E-state index contributed by atoms with van der Waals surface area (Å²) in [5.41, 5.74) is 5.04. The van der Waals surface area contributed by atoms with E-state index < -0.39 is 24.9 Å². The number of rotatable bonds is 8. The van der Waals surface area contributed by atoms with Gasteiger partial charge in [0.1, 0.15) is 23.2 Å². The Hall–Kier alpha value is -2.81. The normalized spacial score (nSPS) is 13.3. The Bertz CT molecular complexity index is 878. The summed E-state index contributed by atoms with van der Waals surface area (Å²) in [5.74, 6) is -0.831. The lowest BCUT2D eigenvalue weighted by molar-refractivity contribution is -0.145. The van der Waals surface area contributed by atoms with Crippen LogP contribution in [0.2, 0.25) is 0 Å². The van der Waals surface area contributed by atoms with Crippen LogP contribution >= 0.6 is 7.26 Å². The van der Waals surface area contributed by atoms with E-state index in [4.69, 9.17) is 10.5 Å². The van der Waals surface area contributed by atoms with Crippen molar-refractivity contribution in [3.05, 3.63) is 91.0 Å². The van der Waals surface area contributed by atoms with Crippen LogP contribution in [0.15, 0.2) is 91.0 Å². The zero-order valence-corrected chi connectivity index (χ0v) is 18.2. The second-order valence-corrected chi connectivity index (χ2v) is 10.6. The number of ether oxygens (including phenoxy) is 1. The fourth-order valence-electron chi connectivity index (χ4n) is 3.82. The Balaban J connectivity index is 2.45. The molecule has 0 aromatic heterocycles. The van der Waals surface area contributed by atoms with E-state index in [1.165, 1.54) is 0 Å². The van der Waals surface area contributed by atoms with Gasteiger partial charge in [0.05, 0.1) is 12.6 Å². The first-order chi connectivity index (χ1) is 14.5. The average Bonchev–Trinajstić information content (AvgIpc) is 2.79. The second-order valence-electron chi connectivity index (χ2n) is 7.07. The molecule has 3 rings (SSSR count). The Morgan fingerprint density at radius 2 is 1.17 bits per heavy atom. The lowest BCUT2D eigenvalue weighted by Crippen LogP contribution is -2.51. The largest absolute Gasteiger partial charge is 0.463 e. The molecule has 0 fully saturated rings. The summed E-state index contributed by atoms with van der Waals surface area (Å²) in [6.45, 7) is 3.57. The van der Waals surface area contributed by atoms with Crippen LogP contribution in [0, 0.1) is 0 Å². The molecule has 0 heterocycles. The third kappa shape index (κ3) is 4.07. The van der Waals surface area contributed by atoms with E-state index in [0.717, 1.165) is 15.9 Å². The fourth-order valence-corrected chi connectivity index (χ4v) is 8.54. The summed E-state index contributed by atoms with van der Waals surface area (Å²) in [4.78, 5) is 26.9. The highest BCUT2D eigenvalue weighted by Gasteiger charge is 2.60. The van der Waals surface area contributed by atoms with Crippen molar-refractivity contribution in [3.8, 4) is 0 Å². The summed E-state index contributed by atoms with van der Waals surface area (Å²) >= 11 is 0. The minimum Gasteiger partial charge on any atom is -0.463 e. The number of hydrogen-bond acceptors (Lipinski definition) is 4. The van der Waals surface area contributed by atoms with Crippen molar-refractivity contribution in [2.75, 3.05) is 6.61 Å². The molecule has 154 valence electrons. The first kappa shape index (κ1) is 21.9. The van der Waals surface area contributed by atoms with E-state index in [-0.39, 0.29) is 12.4 Å². The van der Waals surface area contributed by atoms with E-state index in [9.17, 15) is 9.59 Å². The number of carbonyl (C=O) groups is 2. The van der Waals surface area contributed by atoms with Crippen LogP contribution in [-0.2, 0) is 14.3 Å². The molecule has 0 aliphatic heterocycles. The summed E-state index contributed by atoms with van der Waals surface area (Å²) in [5, 5.41) is 2.82. The number of carbonyl (C=O) groups excluding carboxylic acids is 2. The maximum Gasteiger partial charge on any atom is 0.356 e. The molecule has 0 saturated heterocycles. The molecule has 2 N–H and O–H groups in total. The van der Waals surface area contributed by atoms with Crippen molar-refractivity contribution in [3.63, 3.8) is 0 Å². The number of benzene rings is 3. The molecular formula is C25H27NO3P+. The summed E-state index contributed by atoms with van der Waals surface area (Å²) in [6.07, 6.45) is 0. The molecule has 0 aliphatic carbocycles. The second kappa shape index (κ2) is 9.80. The van der Waals surface area contributed by atoms with Gasteiger partial charge in [0.2, 0.25) is 11.4 Å². The average molecular weight is 420 g/mol. The van der Waals surface area contributed by atoms with E-state index in [1.54, 1.807) is 13.8 Å². The monoisotopic (exact) mass is 420 g/mol. The third-order valence-electron chi connectivity index (χ3n) is 5.11. The van der Waals surface area contributed by atoms with Gasteiger partial charge in [0, 0.05) is 0 Å². The SMILES string of the molecule is CCOC(=O)C(C(=O)[C@@H](C)N)[P+](c1ccccc1)(c1ccccc1)c1ccccc1. The van der Waals surface area contributed by atoms with Crippen molar-refractivity contribution in [1.82, 2.24) is 0 Å². The molecule has 1 unspecified atom stereocenters. The summed E-state index contributed by atoms with van der Waals surface area (Å²) in [6, 6.07) is 28.6. The van der Waals surface area contributed by atoms with Gasteiger partial charge in [-0.2, -0.15) is 0 Å². The van der Waals surface area contributed by atoms with E-state index in [0.29, 0.717) is 0 Å². The van der Waals surface area contributed by atoms with Gasteiger partial charge in [-0.05, 0) is 50.2 Å². The van der Waals surface area contributed by atoms with Crippen molar-refractivity contribution in [2.45, 2.75) is 25.5 Å². The van der Waals surface area contributed by atoms with Gasteiger partial charge >= 0.3 is 5.97 Å². The standard InChI is InChI=1S/C25H27NO3P/c1-3-29-25(28)24(23(27)19(2)26)30(20-13-7-4-8-14-20,21-15-9-5-10-16-21)22-17-11-6-12-18-22/h4-19,24H,3,26H2,1-2H3/q+1/t19-,24?/m1/s1. The van der Waals surface area contributed by atoms with Gasteiger partial charge in [-0.15, -0.1) is 0 Å². The van der Waals surface area contributed by atoms with Gasteiger partial charge in [0.25, 0.3) is 0 Å². The maximum absolute atomic E-state index is 13.5. The maximum atomic E-state index is 13.5. The van der Waals surface area contributed by atoms with Crippen molar-refractivity contribution >= 4 is 34.9 Å². The lowest BCUT2D eigenvalue weighted by atomic mass is 10.1. The predicted molar refractivity (Wildman–Crippen MR) is 124 cm³/mol. The molecular weight excluding hydrogens is 393 g/mol. The smallest absolute Gasteiger partial charge is 0.356 e. The minimum absolute atomic E-state index is 0.194. The van der Waals surface area contributed by atoms with Crippen LogP contribution in [0.4, 0.5) is 0 Å². The van der Waals surface area contributed by atoms with Gasteiger partial charge in [-0.25, -0.2) is 4.79 Å². The van der Waals surface area contributed by atoms with E-state index >= 15 is 0 Å². The van der Waals surface area contributed by atoms with Crippen LogP contribution in [0.25, 0.3) is 0 Å².